The van der Waals surface area contributed by atoms with Crippen molar-refractivity contribution in [2.45, 2.75) is 12.6 Å². The fourth-order valence-corrected chi connectivity index (χ4v) is 4.02. The Morgan fingerprint density at radius 3 is 2.06 bits per heavy atom. The van der Waals surface area contributed by atoms with Crippen LogP contribution in [0, 0.1) is 5.82 Å². The number of β-lactam (4-membered cyclic amide) rings is 1. The van der Waals surface area contributed by atoms with Crippen LogP contribution in [0.2, 0.25) is 0 Å². The number of amides is 2. The smallest absolute Gasteiger partial charge is 0.251 e. The Labute approximate surface area is 176 Å². The third-order valence-corrected chi connectivity index (χ3v) is 5.58. The summed E-state index contributed by atoms with van der Waals surface area (Å²) in [6.45, 7) is 0.295. The number of nitrogens with one attached hydrogen (secondary N) is 1. The molecule has 0 aliphatic carbocycles. The Hall–Kier alpha value is -4.00. The molecule has 5 rings (SSSR count). The van der Waals surface area contributed by atoms with Gasteiger partial charge in [0, 0.05) is 16.5 Å². The molecule has 1 aliphatic heterocycles. The highest BCUT2D eigenvalue weighted by Gasteiger charge is 2.38. The van der Waals surface area contributed by atoms with E-state index >= 15 is 0 Å². The van der Waals surface area contributed by atoms with Crippen molar-refractivity contribution in [3.8, 4) is 0 Å². The van der Waals surface area contributed by atoms with Crippen LogP contribution in [0.25, 0.3) is 21.8 Å². The van der Waals surface area contributed by atoms with E-state index in [4.69, 9.17) is 0 Å². The molecule has 0 saturated carbocycles. The largest absolute Gasteiger partial charge is 0.341 e. The monoisotopic (exact) mass is 415 g/mol. The van der Waals surface area contributed by atoms with Crippen molar-refractivity contribution in [3.05, 3.63) is 88.8 Å². The van der Waals surface area contributed by atoms with Crippen molar-refractivity contribution in [3.63, 3.8) is 0 Å². The lowest BCUT2D eigenvalue weighted by Crippen LogP contribution is -2.64. The Morgan fingerprint density at radius 1 is 0.903 bits per heavy atom. The minimum Gasteiger partial charge on any atom is -0.341 e. The van der Waals surface area contributed by atoms with E-state index in [0.717, 1.165) is 0 Å². The molecule has 1 aliphatic rings. The number of pyridine rings is 1. The van der Waals surface area contributed by atoms with Gasteiger partial charge in [-0.15, -0.1) is 0 Å². The highest BCUT2D eigenvalue weighted by Crippen LogP contribution is 2.23. The van der Waals surface area contributed by atoms with E-state index in [-0.39, 0.29) is 29.6 Å². The molecule has 4 aromatic rings. The fourth-order valence-electron chi connectivity index (χ4n) is 4.02. The molecule has 3 aromatic carbocycles. The second kappa shape index (κ2) is 7.36. The third kappa shape index (κ3) is 3.24. The van der Waals surface area contributed by atoms with Gasteiger partial charge in [-0.3, -0.25) is 14.4 Å². The van der Waals surface area contributed by atoms with Crippen LogP contribution >= 0.6 is 0 Å². The average molecular weight is 415 g/mol. The Morgan fingerprint density at radius 2 is 1.48 bits per heavy atom. The molecule has 1 fully saturated rings. The first-order valence-corrected chi connectivity index (χ1v) is 9.89. The summed E-state index contributed by atoms with van der Waals surface area (Å²) >= 11 is 0. The normalized spacial score (nSPS) is 15.8. The molecule has 0 spiro atoms. The second-order valence-electron chi connectivity index (χ2n) is 7.49. The van der Waals surface area contributed by atoms with Crippen molar-refractivity contribution in [1.29, 1.82) is 0 Å². The van der Waals surface area contributed by atoms with Gasteiger partial charge in [0.15, 0.2) is 5.43 Å². The van der Waals surface area contributed by atoms with E-state index in [0.29, 0.717) is 34.0 Å². The minimum absolute atomic E-state index is 0.0262. The Kier molecular flexibility index (Phi) is 4.51. The summed E-state index contributed by atoms with van der Waals surface area (Å²) in [6.07, 6.45) is 0. The first-order chi connectivity index (χ1) is 15.0. The maximum absolute atomic E-state index is 13.1. The van der Waals surface area contributed by atoms with Gasteiger partial charge in [0.1, 0.15) is 18.4 Å². The molecule has 2 amide bonds. The number of para-hydroxylation sites is 2. The van der Waals surface area contributed by atoms with Crippen LogP contribution in [0.1, 0.15) is 0 Å². The molecule has 2 heterocycles. The van der Waals surface area contributed by atoms with Gasteiger partial charge in [-0.2, -0.15) is 0 Å². The number of rotatable bonds is 4. The summed E-state index contributed by atoms with van der Waals surface area (Å²) in [4.78, 5) is 39.6. The number of nitrogens with zero attached hydrogens (tertiary/aromatic N) is 2. The van der Waals surface area contributed by atoms with Gasteiger partial charge in [0.05, 0.1) is 17.6 Å². The number of anilines is 1. The summed E-state index contributed by atoms with van der Waals surface area (Å²) in [5.41, 5.74) is 1.84. The molecule has 7 heteroatoms. The number of hydrogen-bond donors (Lipinski definition) is 1. The van der Waals surface area contributed by atoms with E-state index in [1.54, 1.807) is 41.0 Å². The lowest BCUT2D eigenvalue weighted by molar-refractivity contribution is -0.130. The topological polar surface area (TPSA) is 71.4 Å². The van der Waals surface area contributed by atoms with Gasteiger partial charge < -0.3 is 14.8 Å². The van der Waals surface area contributed by atoms with E-state index in [2.05, 4.69) is 5.32 Å². The van der Waals surface area contributed by atoms with E-state index in [1.807, 2.05) is 12.1 Å². The van der Waals surface area contributed by atoms with Gasteiger partial charge >= 0.3 is 0 Å². The zero-order chi connectivity index (χ0) is 21.5. The van der Waals surface area contributed by atoms with Crippen molar-refractivity contribution in [2.24, 2.45) is 0 Å². The molecule has 0 radical (unpaired) electrons. The summed E-state index contributed by atoms with van der Waals surface area (Å²) in [7, 11) is 0. The molecular formula is C24H18FN3O3. The number of halogens is 1. The molecule has 6 nitrogen and oxygen atoms in total. The van der Waals surface area contributed by atoms with E-state index < -0.39 is 6.04 Å². The molecule has 0 bridgehead atoms. The van der Waals surface area contributed by atoms with Gasteiger partial charge in [-0.05, 0) is 48.5 Å². The third-order valence-electron chi connectivity index (χ3n) is 5.58. The van der Waals surface area contributed by atoms with E-state index in [1.165, 1.54) is 29.2 Å². The Balaban J connectivity index is 1.39. The first kappa shape index (κ1) is 19.0. The van der Waals surface area contributed by atoms with Crippen LogP contribution in [0.3, 0.4) is 0 Å². The highest BCUT2D eigenvalue weighted by atomic mass is 19.1. The summed E-state index contributed by atoms with van der Waals surface area (Å²) < 4.78 is 14.9. The molecule has 154 valence electrons. The van der Waals surface area contributed by atoms with Crippen LogP contribution in [0.5, 0.6) is 0 Å². The summed E-state index contributed by atoms with van der Waals surface area (Å²) in [6, 6.07) is 19.3. The van der Waals surface area contributed by atoms with Gasteiger partial charge in [-0.1, -0.05) is 24.3 Å². The molecule has 0 unspecified atom stereocenters. The number of fused-ring (bicyclic) bond motifs is 2. The van der Waals surface area contributed by atoms with Crippen molar-refractivity contribution < 1.29 is 14.0 Å². The van der Waals surface area contributed by atoms with Crippen LogP contribution in [-0.2, 0) is 16.1 Å². The van der Waals surface area contributed by atoms with Gasteiger partial charge in [0.25, 0.3) is 5.91 Å². The van der Waals surface area contributed by atoms with E-state index in [9.17, 15) is 18.8 Å². The second-order valence-corrected chi connectivity index (χ2v) is 7.49. The van der Waals surface area contributed by atoms with Crippen LogP contribution in [0.15, 0.2) is 77.6 Å². The van der Waals surface area contributed by atoms with Crippen molar-refractivity contribution >= 4 is 39.3 Å². The number of aromatic nitrogens is 1. The molecule has 1 N–H and O–H groups in total. The predicted octanol–water partition coefficient (Wildman–Crippen LogP) is 2.83. The average Bonchev–Trinajstić information content (AvgIpc) is 2.80. The lowest BCUT2D eigenvalue weighted by Gasteiger charge is -2.38. The maximum atomic E-state index is 13.1. The molecule has 1 aromatic heterocycles. The molecule has 1 atom stereocenters. The lowest BCUT2D eigenvalue weighted by atomic mass is 10.1. The van der Waals surface area contributed by atoms with Gasteiger partial charge in [0.2, 0.25) is 5.91 Å². The maximum Gasteiger partial charge on any atom is 0.251 e. The SMILES string of the molecule is O=C(Cn1c2ccccc2c(=O)c2ccccc21)N[C@H]1CN(c2ccc(F)cc2)C1=O. The standard InChI is InChI=1S/C24H18FN3O3/c25-15-9-11-16(12-10-15)27-13-19(24(27)31)26-22(29)14-28-20-7-3-1-5-17(20)23(30)18-6-2-4-8-21(18)28/h1-12,19H,13-14H2,(H,26,29)/t19-/m0/s1. The Bertz CT molecular complexity index is 1340. The van der Waals surface area contributed by atoms with Crippen LogP contribution in [-0.4, -0.2) is 29.0 Å². The van der Waals surface area contributed by atoms with Crippen LogP contribution in [0.4, 0.5) is 10.1 Å². The highest BCUT2D eigenvalue weighted by molar-refractivity contribution is 6.06. The van der Waals surface area contributed by atoms with Crippen molar-refractivity contribution in [1.82, 2.24) is 9.88 Å². The fraction of sp³-hybridized carbons (Fsp3) is 0.125. The molecule has 1 saturated heterocycles. The zero-order valence-electron chi connectivity index (χ0n) is 16.4. The number of hydrogen-bond acceptors (Lipinski definition) is 3. The number of carbonyl (C=O) groups excluding carboxylic acids is 2. The molecule has 31 heavy (non-hydrogen) atoms. The number of benzene rings is 3. The van der Waals surface area contributed by atoms with Gasteiger partial charge in [-0.25, -0.2) is 4.39 Å². The quantitative estimate of drug-likeness (QED) is 0.412. The predicted molar refractivity (Wildman–Crippen MR) is 116 cm³/mol. The van der Waals surface area contributed by atoms with Crippen LogP contribution < -0.4 is 15.6 Å². The summed E-state index contributed by atoms with van der Waals surface area (Å²) in [5, 5.41) is 3.84. The zero-order valence-corrected chi connectivity index (χ0v) is 16.4. The van der Waals surface area contributed by atoms with Crippen molar-refractivity contribution in [2.75, 3.05) is 11.4 Å². The first-order valence-electron chi connectivity index (χ1n) is 9.89. The molecular weight excluding hydrogens is 397 g/mol. The summed E-state index contributed by atoms with van der Waals surface area (Å²) in [5.74, 6) is -0.937. The minimum atomic E-state index is -0.630. The number of carbonyl (C=O) groups is 2.